The lowest BCUT2D eigenvalue weighted by Crippen LogP contribution is -2.39. The number of hydrogen-bond acceptors (Lipinski definition) is 4. The van der Waals surface area contributed by atoms with E-state index in [0.717, 1.165) is 49.1 Å². The summed E-state index contributed by atoms with van der Waals surface area (Å²) in [7, 11) is 3.56. The van der Waals surface area contributed by atoms with Crippen molar-refractivity contribution in [3.8, 4) is 11.3 Å². The molecule has 1 atom stereocenters. The fourth-order valence-corrected chi connectivity index (χ4v) is 3.03. The van der Waals surface area contributed by atoms with Gasteiger partial charge in [0.05, 0.1) is 13.2 Å². The van der Waals surface area contributed by atoms with Crippen LogP contribution < -0.4 is 5.32 Å². The summed E-state index contributed by atoms with van der Waals surface area (Å²) in [5.74, 6) is 2.26. The molecule has 3 rings (SSSR count). The highest BCUT2D eigenvalue weighted by Gasteiger charge is 2.24. The van der Waals surface area contributed by atoms with Gasteiger partial charge in [0.2, 0.25) is 0 Å². The van der Waals surface area contributed by atoms with E-state index < -0.39 is 0 Å². The van der Waals surface area contributed by atoms with E-state index in [2.05, 4.69) is 20.4 Å². The van der Waals surface area contributed by atoms with Gasteiger partial charge in [-0.05, 0) is 6.42 Å². The summed E-state index contributed by atoms with van der Waals surface area (Å²) in [5.41, 5.74) is 1.89. The van der Waals surface area contributed by atoms with E-state index in [1.807, 2.05) is 43.4 Å². The van der Waals surface area contributed by atoms with Crippen LogP contribution in [0.15, 0.2) is 45.9 Å². The van der Waals surface area contributed by atoms with Crippen molar-refractivity contribution in [2.45, 2.75) is 13.0 Å². The molecule has 1 aromatic heterocycles. The number of nitrogens with zero attached hydrogens (tertiary/aromatic N) is 3. The fraction of sp³-hybridized carbons (Fsp3) is 0.444. The smallest absolute Gasteiger partial charge is 0.193 e. The molecule has 2 aromatic rings. The molecule has 0 bridgehead atoms. The quantitative estimate of drug-likeness (QED) is 0.674. The van der Waals surface area contributed by atoms with E-state index in [4.69, 9.17) is 9.26 Å². The van der Waals surface area contributed by atoms with Crippen molar-refractivity contribution in [3.05, 3.63) is 42.1 Å². The number of aliphatic imine (C=N–C) groups is 1. The molecule has 1 aliphatic heterocycles. The SMILES string of the molecule is CN=C(NCc1cc(-c2ccccc2)on1)N1CCC(COC)C1. The van der Waals surface area contributed by atoms with Crippen LogP contribution >= 0.6 is 0 Å². The third-order valence-electron chi connectivity index (χ3n) is 4.24. The van der Waals surface area contributed by atoms with Crippen molar-refractivity contribution in [1.82, 2.24) is 15.4 Å². The summed E-state index contributed by atoms with van der Waals surface area (Å²) in [5, 5.41) is 7.51. The second kappa shape index (κ2) is 7.97. The molecule has 1 N–H and O–H groups in total. The lowest BCUT2D eigenvalue weighted by atomic mass is 10.1. The van der Waals surface area contributed by atoms with E-state index in [-0.39, 0.29) is 0 Å². The molecule has 1 fully saturated rings. The normalized spacial score (nSPS) is 18.2. The first-order valence-corrected chi connectivity index (χ1v) is 8.25. The molecular formula is C18H24N4O2. The molecule has 0 saturated carbocycles. The number of nitrogens with one attached hydrogen (secondary N) is 1. The molecule has 1 saturated heterocycles. The van der Waals surface area contributed by atoms with Gasteiger partial charge in [-0.15, -0.1) is 0 Å². The zero-order valence-corrected chi connectivity index (χ0v) is 14.2. The van der Waals surface area contributed by atoms with E-state index in [0.29, 0.717) is 12.5 Å². The highest BCUT2D eigenvalue weighted by Crippen LogP contribution is 2.20. The van der Waals surface area contributed by atoms with Gasteiger partial charge in [-0.25, -0.2) is 0 Å². The number of benzene rings is 1. The van der Waals surface area contributed by atoms with Gasteiger partial charge in [-0.3, -0.25) is 4.99 Å². The van der Waals surface area contributed by atoms with Crippen molar-refractivity contribution in [3.63, 3.8) is 0 Å². The van der Waals surface area contributed by atoms with Gasteiger partial charge in [0.15, 0.2) is 11.7 Å². The Hall–Kier alpha value is -2.34. The second-order valence-corrected chi connectivity index (χ2v) is 6.01. The van der Waals surface area contributed by atoms with Crippen LogP contribution in [0.3, 0.4) is 0 Å². The van der Waals surface area contributed by atoms with Crippen LogP contribution in [0, 0.1) is 5.92 Å². The highest BCUT2D eigenvalue weighted by atomic mass is 16.5. The Balaban J connectivity index is 1.56. The summed E-state index contributed by atoms with van der Waals surface area (Å²) >= 11 is 0. The monoisotopic (exact) mass is 328 g/mol. The number of aromatic nitrogens is 1. The molecule has 1 aliphatic rings. The van der Waals surface area contributed by atoms with Crippen molar-refractivity contribution in [2.24, 2.45) is 10.9 Å². The molecule has 0 aliphatic carbocycles. The van der Waals surface area contributed by atoms with Crippen LogP contribution in [-0.2, 0) is 11.3 Å². The first-order valence-electron chi connectivity index (χ1n) is 8.25. The zero-order valence-electron chi connectivity index (χ0n) is 14.2. The van der Waals surface area contributed by atoms with Crippen molar-refractivity contribution in [1.29, 1.82) is 0 Å². The van der Waals surface area contributed by atoms with Crippen molar-refractivity contribution >= 4 is 5.96 Å². The van der Waals surface area contributed by atoms with Gasteiger partial charge in [0.1, 0.15) is 5.69 Å². The molecule has 0 spiro atoms. The van der Waals surface area contributed by atoms with E-state index in [1.54, 1.807) is 7.11 Å². The first kappa shape index (κ1) is 16.5. The average molecular weight is 328 g/mol. The number of likely N-dealkylation sites (tertiary alicyclic amines) is 1. The minimum atomic E-state index is 0.574. The van der Waals surface area contributed by atoms with Crippen LogP contribution in [0.5, 0.6) is 0 Å². The summed E-state index contributed by atoms with van der Waals surface area (Å²) in [6.07, 6.45) is 1.14. The van der Waals surface area contributed by atoms with Crippen LogP contribution in [0.4, 0.5) is 0 Å². The zero-order chi connectivity index (χ0) is 16.8. The minimum absolute atomic E-state index is 0.574. The van der Waals surface area contributed by atoms with E-state index >= 15 is 0 Å². The Morgan fingerprint density at radius 2 is 2.25 bits per heavy atom. The summed E-state index contributed by atoms with van der Waals surface area (Å²) in [6.45, 7) is 3.37. The Kier molecular flexibility index (Phi) is 5.48. The molecule has 128 valence electrons. The Morgan fingerprint density at radius 3 is 3.00 bits per heavy atom. The van der Waals surface area contributed by atoms with Gasteiger partial charge in [0, 0.05) is 44.8 Å². The molecular weight excluding hydrogens is 304 g/mol. The maximum atomic E-state index is 5.43. The number of ether oxygens (including phenoxy) is 1. The van der Waals surface area contributed by atoms with E-state index in [9.17, 15) is 0 Å². The lowest BCUT2D eigenvalue weighted by Gasteiger charge is -2.21. The van der Waals surface area contributed by atoms with Gasteiger partial charge < -0.3 is 19.5 Å². The fourth-order valence-electron chi connectivity index (χ4n) is 3.03. The van der Waals surface area contributed by atoms with Crippen molar-refractivity contribution < 1.29 is 9.26 Å². The highest BCUT2D eigenvalue weighted by molar-refractivity contribution is 5.80. The maximum Gasteiger partial charge on any atom is 0.193 e. The van der Waals surface area contributed by atoms with Crippen LogP contribution in [-0.4, -0.2) is 49.9 Å². The van der Waals surface area contributed by atoms with Crippen LogP contribution in [0.1, 0.15) is 12.1 Å². The molecule has 0 amide bonds. The lowest BCUT2D eigenvalue weighted by molar-refractivity contribution is 0.157. The Labute approximate surface area is 142 Å². The van der Waals surface area contributed by atoms with Crippen LogP contribution in [0.25, 0.3) is 11.3 Å². The number of hydrogen-bond donors (Lipinski definition) is 1. The molecule has 1 unspecified atom stereocenters. The number of guanidine groups is 1. The summed E-state index contributed by atoms with van der Waals surface area (Å²) < 4.78 is 10.7. The third kappa shape index (κ3) is 3.94. The number of methoxy groups -OCH3 is 1. The van der Waals surface area contributed by atoms with Gasteiger partial charge in [0.25, 0.3) is 0 Å². The van der Waals surface area contributed by atoms with E-state index in [1.165, 1.54) is 0 Å². The number of rotatable bonds is 5. The van der Waals surface area contributed by atoms with Crippen LogP contribution in [0.2, 0.25) is 0 Å². The molecule has 0 radical (unpaired) electrons. The minimum Gasteiger partial charge on any atom is -0.384 e. The largest absolute Gasteiger partial charge is 0.384 e. The van der Waals surface area contributed by atoms with Gasteiger partial charge in [-0.1, -0.05) is 35.5 Å². The first-order chi connectivity index (χ1) is 11.8. The second-order valence-electron chi connectivity index (χ2n) is 6.01. The summed E-state index contributed by atoms with van der Waals surface area (Å²) in [4.78, 5) is 6.64. The third-order valence-corrected chi connectivity index (χ3v) is 4.24. The molecule has 6 nitrogen and oxygen atoms in total. The predicted molar refractivity (Wildman–Crippen MR) is 93.7 cm³/mol. The van der Waals surface area contributed by atoms with Gasteiger partial charge >= 0.3 is 0 Å². The topological polar surface area (TPSA) is 62.9 Å². The Morgan fingerprint density at radius 1 is 1.42 bits per heavy atom. The maximum absolute atomic E-state index is 5.43. The standard InChI is InChI=1S/C18H24N4O2/c1-19-18(22-9-8-14(12-22)13-23-2)20-11-16-10-17(24-21-16)15-6-4-3-5-7-15/h3-7,10,14H,8-9,11-13H2,1-2H3,(H,19,20). The molecule has 1 aromatic carbocycles. The average Bonchev–Trinajstić information content (AvgIpc) is 3.27. The Bertz CT molecular complexity index is 669. The molecule has 6 heteroatoms. The van der Waals surface area contributed by atoms with Crippen molar-refractivity contribution in [2.75, 3.05) is 33.9 Å². The summed E-state index contributed by atoms with van der Waals surface area (Å²) in [6, 6.07) is 11.9. The molecule has 24 heavy (non-hydrogen) atoms. The predicted octanol–water partition coefficient (Wildman–Crippen LogP) is 2.39. The van der Waals surface area contributed by atoms with Gasteiger partial charge in [-0.2, -0.15) is 0 Å². The molecule has 2 heterocycles.